The third-order valence-electron chi connectivity index (χ3n) is 5.37. The van der Waals surface area contributed by atoms with Crippen LogP contribution in [0.2, 0.25) is 0 Å². The van der Waals surface area contributed by atoms with Gasteiger partial charge in [-0.2, -0.15) is 0 Å². The van der Waals surface area contributed by atoms with Gasteiger partial charge in [-0.05, 0) is 63.1 Å². The van der Waals surface area contributed by atoms with Crippen molar-refractivity contribution >= 4 is 17.5 Å². The first-order chi connectivity index (χ1) is 13.4. The van der Waals surface area contributed by atoms with E-state index in [9.17, 15) is 22.8 Å². The van der Waals surface area contributed by atoms with Gasteiger partial charge in [0.1, 0.15) is 5.82 Å². The molecule has 1 saturated carbocycles. The van der Waals surface area contributed by atoms with Crippen molar-refractivity contribution in [3.05, 3.63) is 29.6 Å². The molecular weight excluding hydrogens is 383 g/mol. The smallest absolute Gasteiger partial charge is 0.264 e. The molecule has 1 aromatic carbocycles. The fourth-order valence-corrected chi connectivity index (χ4v) is 4.53. The van der Waals surface area contributed by atoms with E-state index in [-0.39, 0.29) is 40.8 Å². The van der Waals surface area contributed by atoms with Gasteiger partial charge in [-0.25, -0.2) is 13.2 Å². The summed E-state index contributed by atoms with van der Waals surface area (Å²) in [6.45, 7) is 7.93. The molecule has 1 spiro atoms. The SMILES string of the molecule is CC(C)(C)NC(=O)CN1CC2(CC(CC(=O)Nc3cc(F)cc(C(F)F)c3)C2)C1. The van der Waals surface area contributed by atoms with Gasteiger partial charge < -0.3 is 10.6 Å². The molecule has 0 atom stereocenters. The molecule has 1 aromatic rings. The van der Waals surface area contributed by atoms with Gasteiger partial charge in [0, 0.05) is 36.3 Å². The highest BCUT2D eigenvalue weighted by atomic mass is 19.3. The Morgan fingerprint density at radius 3 is 2.41 bits per heavy atom. The zero-order valence-electron chi connectivity index (χ0n) is 17.0. The van der Waals surface area contributed by atoms with E-state index in [0.717, 1.165) is 44.1 Å². The number of hydrogen-bond donors (Lipinski definition) is 2. The van der Waals surface area contributed by atoms with Gasteiger partial charge in [0.25, 0.3) is 6.43 Å². The molecule has 29 heavy (non-hydrogen) atoms. The zero-order chi connectivity index (χ0) is 21.4. The summed E-state index contributed by atoms with van der Waals surface area (Å²) < 4.78 is 38.9. The number of likely N-dealkylation sites (tertiary alicyclic amines) is 1. The number of anilines is 1. The summed E-state index contributed by atoms with van der Waals surface area (Å²) in [5.74, 6) is -0.855. The quantitative estimate of drug-likeness (QED) is 0.750. The highest BCUT2D eigenvalue weighted by Gasteiger charge is 2.52. The molecule has 5 nitrogen and oxygen atoms in total. The van der Waals surface area contributed by atoms with Crippen LogP contribution in [0.4, 0.5) is 18.9 Å². The molecule has 0 aromatic heterocycles. The maximum absolute atomic E-state index is 13.4. The highest BCUT2D eigenvalue weighted by Crippen LogP contribution is 2.52. The van der Waals surface area contributed by atoms with Crippen molar-refractivity contribution in [3.63, 3.8) is 0 Å². The van der Waals surface area contributed by atoms with Crippen molar-refractivity contribution in [1.29, 1.82) is 0 Å². The van der Waals surface area contributed by atoms with Crippen molar-refractivity contribution in [2.75, 3.05) is 25.0 Å². The van der Waals surface area contributed by atoms with Gasteiger partial charge in [0.05, 0.1) is 6.54 Å². The first-order valence-corrected chi connectivity index (χ1v) is 9.85. The minimum Gasteiger partial charge on any atom is -0.350 e. The first-order valence-electron chi connectivity index (χ1n) is 9.85. The zero-order valence-corrected chi connectivity index (χ0v) is 17.0. The molecule has 2 aliphatic rings. The Kier molecular flexibility index (Phi) is 5.94. The van der Waals surface area contributed by atoms with Crippen LogP contribution in [-0.2, 0) is 9.59 Å². The lowest BCUT2D eigenvalue weighted by molar-refractivity contribution is -0.135. The largest absolute Gasteiger partial charge is 0.350 e. The summed E-state index contributed by atoms with van der Waals surface area (Å²) in [4.78, 5) is 26.3. The molecule has 1 heterocycles. The van der Waals surface area contributed by atoms with Gasteiger partial charge in [-0.15, -0.1) is 0 Å². The van der Waals surface area contributed by atoms with Crippen LogP contribution in [0.3, 0.4) is 0 Å². The normalized spacial score (nSPS) is 19.0. The monoisotopic (exact) mass is 411 g/mol. The van der Waals surface area contributed by atoms with E-state index in [1.165, 1.54) is 0 Å². The third-order valence-corrected chi connectivity index (χ3v) is 5.37. The Labute approximate surface area is 169 Å². The summed E-state index contributed by atoms with van der Waals surface area (Å²) in [5.41, 5.74) is -0.451. The molecule has 2 amide bonds. The van der Waals surface area contributed by atoms with Crippen LogP contribution in [0.1, 0.15) is 52.0 Å². The Morgan fingerprint density at radius 2 is 1.83 bits per heavy atom. The van der Waals surface area contributed by atoms with Crippen LogP contribution in [0.15, 0.2) is 18.2 Å². The first kappa shape index (κ1) is 21.6. The van der Waals surface area contributed by atoms with Gasteiger partial charge in [-0.3, -0.25) is 14.5 Å². The molecule has 0 unspecified atom stereocenters. The summed E-state index contributed by atoms with van der Waals surface area (Å²) in [6.07, 6.45) is -0.695. The predicted octanol–water partition coefficient (Wildman–Crippen LogP) is 3.72. The second-order valence-electron chi connectivity index (χ2n) is 9.54. The van der Waals surface area contributed by atoms with Gasteiger partial charge >= 0.3 is 0 Å². The van der Waals surface area contributed by atoms with E-state index in [1.807, 2.05) is 20.8 Å². The van der Waals surface area contributed by atoms with E-state index >= 15 is 0 Å². The lowest BCUT2D eigenvalue weighted by Crippen LogP contribution is -2.64. The number of nitrogens with one attached hydrogen (secondary N) is 2. The number of benzene rings is 1. The molecule has 2 N–H and O–H groups in total. The molecule has 1 aliphatic carbocycles. The Morgan fingerprint density at radius 1 is 1.17 bits per heavy atom. The lowest BCUT2D eigenvalue weighted by Gasteiger charge is -2.59. The molecule has 0 radical (unpaired) electrons. The second kappa shape index (κ2) is 7.97. The predicted molar refractivity (Wildman–Crippen MR) is 104 cm³/mol. The summed E-state index contributed by atoms with van der Waals surface area (Å²) in [6, 6.07) is 2.90. The number of amides is 2. The molecule has 1 aliphatic heterocycles. The lowest BCUT2D eigenvalue weighted by atomic mass is 9.57. The maximum atomic E-state index is 13.4. The topological polar surface area (TPSA) is 61.4 Å². The van der Waals surface area contributed by atoms with E-state index < -0.39 is 17.8 Å². The van der Waals surface area contributed by atoms with Crippen molar-refractivity contribution in [2.45, 2.75) is 52.0 Å². The number of nitrogens with zero attached hydrogens (tertiary/aromatic N) is 1. The summed E-state index contributed by atoms with van der Waals surface area (Å²) in [7, 11) is 0. The molecule has 2 fully saturated rings. The van der Waals surface area contributed by atoms with Crippen LogP contribution in [0.25, 0.3) is 0 Å². The van der Waals surface area contributed by atoms with Crippen LogP contribution < -0.4 is 10.6 Å². The van der Waals surface area contributed by atoms with Crippen molar-refractivity contribution in [2.24, 2.45) is 11.3 Å². The Hall–Kier alpha value is -2.09. The molecule has 160 valence electrons. The Balaban J connectivity index is 1.39. The Bertz CT molecular complexity index is 778. The number of rotatable bonds is 6. The van der Waals surface area contributed by atoms with E-state index in [4.69, 9.17) is 0 Å². The van der Waals surface area contributed by atoms with Crippen molar-refractivity contribution in [1.82, 2.24) is 10.2 Å². The summed E-state index contributed by atoms with van der Waals surface area (Å²) >= 11 is 0. The number of hydrogen-bond acceptors (Lipinski definition) is 3. The number of alkyl halides is 2. The minimum absolute atomic E-state index is 0.0147. The average Bonchev–Trinajstić information content (AvgIpc) is 2.48. The van der Waals surface area contributed by atoms with E-state index in [2.05, 4.69) is 15.5 Å². The number of carbonyl (C=O) groups is 2. The standard InChI is InChI=1S/C21H28F3N3O2/c1-20(2,3)26-18(29)10-27-11-21(12-27)8-13(9-21)4-17(28)25-16-6-14(19(23)24)5-15(22)7-16/h5-7,13,19H,4,8-12H2,1-3H3,(H,25,28)(H,26,29). The molecular formula is C21H28F3N3O2. The number of carbonyl (C=O) groups excluding carboxylic acids is 2. The van der Waals surface area contributed by atoms with Crippen LogP contribution in [0.5, 0.6) is 0 Å². The van der Waals surface area contributed by atoms with Crippen LogP contribution in [-0.4, -0.2) is 41.9 Å². The van der Waals surface area contributed by atoms with Crippen LogP contribution >= 0.6 is 0 Å². The molecule has 8 heteroatoms. The fourth-order valence-electron chi connectivity index (χ4n) is 4.53. The van der Waals surface area contributed by atoms with Crippen LogP contribution in [0, 0.1) is 17.2 Å². The molecule has 0 bridgehead atoms. The average molecular weight is 411 g/mol. The fraction of sp³-hybridized carbons (Fsp3) is 0.619. The number of halogens is 3. The van der Waals surface area contributed by atoms with Crippen molar-refractivity contribution < 1.29 is 22.8 Å². The van der Waals surface area contributed by atoms with Gasteiger partial charge in [-0.1, -0.05) is 0 Å². The third kappa shape index (κ3) is 5.72. The molecule has 3 rings (SSSR count). The molecule has 1 saturated heterocycles. The summed E-state index contributed by atoms with van der Waals surface area (Å²) in [5, 5.41) is 5.47. The van der Waals surface area contributed by atoms with E-state index in [1.54, 1.807) is 0 Å². The highest BCUT2D eigenvalue weighted by molar-refractivity contribution is 5.91. The van der Waals surface area contributed by atoms with E-state index in [0.29, 0.717) is 6.54 Å². The minimum atomic E-state index is -2.79. The van der Waals surface area contributed by atoms with Crippen molar-refractivity contribution in [3.8, 4) is 0 Å². The maximum Gasteiger partial charge on any atom is 0.264 e. The second-order valence-corrected chi connectivity index (χ2v) is 9.54. The van der Waals surface area contributed by atoms with Gasteiger partial charge in [0.2, 0.25) is 11.8 Å². The van der Waals surface area contributed by atoms with Gasteiger partial charge in [0.15, 0.2) is 0 Å².